The van der Waals surface area contributed by atoms with Gasteiger partial charge in [0.25, 0.3) is 0 Å². The molecule has 0 atom stereocenters. The van der Waals surface area contributed by atoms with Crippen molar-refractivity contribution in [3.63, 3.8) is 0 Å². The number of rotatable bonds is 5. The molecule has 3 heteroatoms. The van der Waals surface area contributed by atoms with Crippen LogP contribution in [0.3, 0.4) is 0 Å². The second kappa shape index (κ2) is 15.2. The molecule has 0 aromatic heterocycles. The predicted molar refractivity (Wildman–Crippen MR) is 151 cm³/mol. The molecule has 0 amide bonds. The monoisotopic (exact) mass is 517 g/mol. The van der Waals surface area contributed by atoms with Gasteiger partial charge in [-0.25, -0.2) is 0 Å². The van der Waals surface area contributed by atoms with E-state index in [0.717, 1.165) is 23.4 Å². The molecule has 0 aromatic carbocycles. The van der Waals surface area contributed by atoms with Crippen molar-refractivity contribution in [2.24, 2.45) is 10.2 Å². The molecule has 34 heavy (non-hydrogen) atoms. The van der Waals surface area contributed by atoms with Gasteiger partial charge in [0.2, 0.25) is 0 Å². The fourth-order valence-electron chi connectivity index (χ4n) is 6.71. The summed E-state index contributed by atoms with van der Waals surface area (Å²) in [5.74, 6) is 0. The second-order valence-corrected chi connectivity index (χ2v) is 16.0. The van der Waals surface area contributed by atoms with Crippen LogP contribution in [-0.2, 0) is 21.7 Å². The Labute approximate surface area is 227 Å². The van der Waals surface area contributed by atoms with Crippen molar-refractivity contribution in [3.05, 3.63) is 48.7 Å². The Hall–Kier alpha value is -0.0957. The van der Waals surface area contributed by atoms with Crippen molar-refractivity contribution < 1.29 is 21.7 Å². The summed E-state index contributed by atoms with van der Waals surface area (Å²) in [7, 11) is -1.25. The molecule has 3 saturated carbocycles. The summed E-state index contributed by atoms with van der Waals surface area (Å²) in [4.78, 5) is 0. The van der Waals surface area contributed by atoms with Crippen LogP contribution in [0.25, 0.3) is 0 Å². The van der Waals surface area contributed by atoms with Gasteiger partial charge in [0.15, 0.2) is 0 Å². The molecule has 4 aliphatic carbocycles. The summed E-state index contributed by atoms with van der Waals surface area (Å²) >= 11 is 0. The first-order valence-corrected chi connectivity index (χ1v) is 16.2. The molecular formula is C31H52NPTi. The van der Waals surface area contributed by atoms with E-state index in [0.29, 0.717) is 5.41 Å². The molecule has 0 unspecified atom stereocenters. The van der Waals surface area contributed by atoms with E-state index < -0.39 is 7.05 Å². The normalized spacial score (nSPS) is 23.1. The molecule has 190 valence electrons. The van der Waals surface area contributed by atoms with E-state index in [2.05, 4.69) is 51.7 Å². The predicted octanol–water partition coefficient (Wildman–Crippen LogP) is 10.8. The van der Waals surface area contributed by atoms with Crippen LogP contribution in [0.2, 0.25) is 0 Å². The maximum atomic E-state index is 5.89. The van der Waals surface area contributed by atoms with Crippen molar-refractivity contribution in [1.82, 2.24) is 0 Å². The first kappa shape index (κ1) is 30.1. The molecule has 3 fully saturated rings. The zero-order valence-corrected chi connectivity index (χ0v) is 25.1. The van der Waals surface area contributed by atoms with Gasteiger partial charge in [-0.1, -0.05) is 116 Å². The molecule has 0 spiro atoms. The van der Waals surface area contributed by atoms with Crippen molar-refractivity contribution in [3.8, 4) is 0 Å². The average molecular weight is 518 g/mol. The van der Waals surface area contributed by atoms with E-state index in [4.69, 9.17) is 4.74 Å². The topological polar surface area (TPSA) is 12.4 Å². The summed E-state index contributed by atoms with van der Waals surface area (Å²) in [5.41, 5.74) is 4.70. The van der Waals surface area contributed by atoms with Crippen LogP contribution < -0.4 is 0 Å². The maximum absolute atomic E-state index is 5.89. The standard InChI is InChI=1S/C23H38NP.C8H14.Ti/c1-4-14-21(15-5-1)25(22-16-6-2-7-17-22,23-18-8-3-9-19-23)24-20-12-10-11-13-20;1-5-6-7-8(2,3)4;/h10-12,21-23H,1-9,13-19H2;5-7H,1H2,2-4H3;. The summed E-state index contributed by atoms with van der Waals surface area (Å²) in [5, 5.41) is 0. The number of allylic oxidation sites excluding steroid dienone is 6. The Kier molecular flexibility index (Phi) is 13.5. The minimum absolute atomic E-state index is 0. The fraction of sp³-hybridized carbons (Fsp3) is 0.742. The number of nitrogens with zero attached hydrogens (tertiary/aromatic N) is 1. The third kappa shape index (κ3) is 8.78. The van der Waals surface area contributed by atoms with Gasteiger partial charge >= 0.3 is 0 Å². The third-order valence-electron chi connectivity index (χ3n) is 8.26. The molecule has 0 aromatic rings. The van der Waals surface area contributed by atoms with Gasteiger partial charge in [0, 0.05) is 33.8 Å². The summed E-state index contributed by atoms with van der Waals surface area (Å²) in [6, 6.07) is 0. The maximum Gasteiger partial charge on any atom is 0.0425 e. The van der Waals surface area contributed by atoms with E-state index in [9.17, 15) is 0 Å². The quantitative estimate of drug-likeness (QED) is 0.195. The van der Waals surface area contributed by atoms with Crippen molar-refractivity contribution >= 4 is 7.05 Å². The molecule has 0 N–H and O–H groups in total. The van der Waals surface area contributed by atoms with Crippen LogP contribution in [0.1, 0.15) is 124 Å². The Morgan fingerprint density at radius 2 is 1.24 bits per heavy atom. The Balaban J connectivity index is 0.000000394. The zero-order valence-electron chi connectivity index (χ0n) is 22.6. The molecular weight excluding hydrogens is 465 g/mol. The Morgan fingerprint density at radius 3 is 1.53 bits per heavy atom. The van der Waals surface area contributed by atoms with Gasteiger partial charge in [-0.2, -0.15) is 0 Å². The summed E-state index contributed by atoms with van der Waals surface area (Å²) in [6.07, 6.45) is 36.3. The number of hydrogen-bond donors (Lipinski definition) is 0. The molecule has 0 bridgehead atoms. The summed E-state index contributed by atoms with van der Waals surface area (Å²) in [6.45, 7) is 10.1. The van der Waals surface area contributed by atoms with Gasteiger partial charge in [-0.3, -0.25) is 4.74 Å². The molecule has 4 aliphatic rings. The first-order valence-electron chi connectivity index (χ1n) is 14.2. The molecule has 0 aliphatic heterocycles. The molecule has 4 rings (SSSR count). The zero-order chi connectivity index (χ0) is 23.6. The second-order valence-electron chi connectivity index (χ2n) is 12.0. The molecule has 0 radical (unpaired) electrons. The van der Waals surface area contributed by atoms with Crippen LogP contribution in [0.5, 0.6) is 0 Å². The molecule has 1 nitrogen and oxygen atoms in total. The minimum atomic E-state index is -1.25. The van der Waals surface area contributed by atoms with Crippen LogP contribution >= 0.6 is 7.05 Å². The van der Waals surface area contributed by atoms with Crippen molar-refractivity contribution in [2.45, 2.75) is 140 Å². The Morgan fingerprint density at radius 1 is 0.794 bits per heavy atom. The minimum Gasteiger partial charge on any atom is -0.271 e. The molecule has 0 saturated heterocycles. The van der Waals surface area contributed by atoms with Crippen LogP contribution in [0.4, 0.5) is 0 Å². The van der Waals surface area contributed by atoms with Gasteiger partial charge in [0.1, 0.15) is 0 Å². The van der Waals surface area contributed by atoms with Crippen molar-refractivity contribution in [2.75, 3.05) is 0 Å². The van der Waals surface area contributed by atoms with Crippen LogP contribution in [-0.4, -0.2) is 17.0 Å². The van der Waals surface area contributed by atoms with Crippen molar-refractivity contribution in [1.29, 1.82) is 0 Å². The van der Waals surface area contributed by atoms with Gasteiger partial charge in [0.05, 0.1) is 0 Å². The largest absolute Gasteiger partial charge is 0.271 e. The van der Waals surface area contributed by atoms with E-state index in [1.165, 1.54) is 102 Å². The average Bonchev–Trinajstić information content (AvgIpc) is 3.36. The van der Waals surface area contributed by atoms with Gasteiger partial charge in [-0.15, -0.1) is 0 Å². The van der Waals surface area contributed by atoms with E-state index in [1.54, 1.807) is 6.08 Å². The van der Waals surface area contributed by atoms with Crippen LogP contribution in [0.15, 0.2) is 53.5 Å². The first-order chi connectivity index (χ1) is 16.0. The summed E-state index contributed by atoms with van der Waals surface area (Å²) < 4.78 is 5.89. The number of hydrogen-bond acceptors (Lipinski definition) is 1. The third-order valence-corrected chi connectivity index (χ3v) is 13.9. The van der Waals surface area contributed by atoms with E-state index in [1.807, 2.05) is 6.08 Å². The Bertz CT molecular complexity index is 684. The fourth-order valence-corrected chi connectivity index (χ4v) is 13.2. The van der Waals surface area contributed by atoms with E-state index >= 15 is 0 Å². The van der Waals surface area contributed by atoms with E-state index in [-0.39, 0.29) is 21.7 Å². The van der Waals surface area contributed by atoms with Gasteiger partial charge in [-0.05, 0) is 74.0 Å². The molecule has 0 heterocycles. The van der Waals surface area contributed by atoms with Crippen LogP contribution in [0, 0.1) is 5.41 Å². The SMILES string of the molecule is C1=CCC(N=P(C2CCCCC2)(C2CCCCC2)C2CCCCC2)=C1.C=CC=CC(C)(C)C.[Ti]. The van der Waals surface area contributed by atoms with Gasteiger partial charge < -0.3 is 0 Å². The smallest absolute Gasteiger partial charge is 0.0425 e.